The molecule has 11 heteroatoms. The molecule has 0 fully saturated rings. The number of imide groups is 1. The standard InChI is InChI=1S/C36H33F3N2O6/c1-2-46-35(45)41(34(44)40-21-32(33(42)43)28-12-10-26(11-13-28)25-6-4-3-5-7-25)19-18-27-14-17-31(20-29(27)22-41)47-23-24-8-15-30(16-9-24)36(37,38)39/h3-17,20,32H,2,18-19,21-23H2,1H3,(H-,40,42,43,44)/p+1. The van der Waals surface area contributed by atoms with Crippen molar-refractivity contribution < 1.29 is 46.6 Å². The van der Waals surface area contributed by atoms with Crippen molar-refractivity contribution in [2.45, 2.75) is 38.6 Å². The lowest BCUT2D eigenvalue weighted by molar-refractivity contribution is -0.794. The van der Waals surface area contributed by atoms with Crippen LogP contribution in [0.2, 0.25) is 0 Å². The smallest absolute Gasteiger partial charge is 0.489 e. The number of carbonyl (C=O) groups is 3. The number of hydrogen-bond acceptors (Lipinski definition) is 5. The first-order chi connectivity index (χ1) is 22.5. The molecule has 1 aliphatic heterocycles. The maximum absolute atomic E-state index is 13.8. The number of ether oxygens (including phenoxy) is 2. The van der Waals surface area contributed by atoms with E-state index >= 15 is 0 Å². The van der Waals surface area contributed by atoms with Gasteiger partial charge in [-0.1, -0.05) is 72.8 Å². The van der Waals surface area contributed by atoms with Crippen molar-refractivity contribution in [3.8, 4) is 16.9 Å². The van der Waals surface area contributed by atoms with Crippen LogP contribution in [0.5, 0.6) is 5.75 Å². The Morgan fingerprint density at radius 2 is 1.57 bits per heavy atom. The molecule has 47 heavy (non-hydrogen) atoms. The van der Waals surface area contributed by atoms with Gasteiger partial charge >= 0.3 is 24.3 Å². The quantitative estimate of drug-likeness (QED) is 0.182. The Labute approximate surface area is 269 Å². The molecule has 0 radical (unpaired) electrons. The van der Waals surface area contributed by atoms with Crippen LogP contribution in [0.1, 0.15) is 40.7 Å². The van der Waals surface area contributed by atoms with E-state index in [2.05, 4.69) is 5.32 Å². The highest BCUT2D eigenvalue weighted by Crippen LogP contribution is 2.32. The Bertz CT molecular complexity index is 1730. The third kappa shape index (κ3) is 7.63. The van der Waals surface area contributed by atoms with Crippen molar-refractivity contribution >= 4 is 18.1 Å². The minimum atomic E-state index is -4.43. The average Bonchev–Trinajstić information content (AvgIpc) is 3.07. The van der Waals surface area contributed by atoms with Gasteiger partial charge in [0.25, 0.3) is 0 Å². The molecule has 5 rings (SSSR count). The van der Waals surface area contributed by atoms with Crippen molar-refractivity contribution in [2.24, 2.45) is 0 Å². The lowest BCUT2D eigenvalue weighted by atomic mass is 9.96. The Hall–Kier alpha value is -5.16. The number of alkyl halides is 3. The molecule has 0 saturated carbocycles. The van der Waals surface area contributed by atoms with Crippen LogP contribution in [0.25, 0.3) is 11.1 Å². The Morgan fingerprint density at radius 1 is 0.894 bits per heavy atom. The normalized spacial score (nSPS) is 16.4. The third-order valence-electron chi connectivity index (χ3n) is 8.25. The van der Waals surface area contributed by atoms with Gasteiger partial charge in [-0.3, -0.25) is 4.79 Å². The molecule has 8 nitrogen and oxygen atoms in total. The number of benzene rings is 4. The monoisotopic (exact) mass is 647 g/mol. The zero-order valence-corrected chi connectivity index (χ0v) is 25.6. The number of nitrogens with zero attached hydrogens (tertiary/aromatic N) is 1. The largest absolute Gasteiger partial charge is 0.525 e. The number of carbonyl (C=O) groups excluding carboxylic acids is 2. The number of halogens is 3. The molecule has 2 unspecified atom stereocenters. The number of quaternary nitrogens is 1. The van der Waals surface area contributed by atoms with Crippen LogP contribution < -0.4 is 10.1 Å². The molecule has 2 N–H and O–H groups in total. The number of rotatable bonds is 9. The molecule has 1 aliphatic rings. The number of amides is 3. The zero-order valence-electron chi connectivity index (χ0n) is 25.6. The topological polar surface area (TPSA) is 102 Å². The van der Waals surface area contributed by atoms with Crippen LogP contribution in [-0.4, -0.2) is 47.4 Å². The van der Waals surface area contributed by atoms with Crippen molar-refractivity contribution in [2.75, 3.05) is 19.7 Å². The second kappa shape index (κ2) is 14.1. The molecule has 0 saturated heterocycles. The molecule has 0 aromatic heterocycles. The maximum atomic E-state index is 13.8. The van der Waals surface area contributed by atoms with Crippen molar-refractivity contribution in [1.29, 1.82) is 0 Å². The summed E-state index contributed by atoms with van der Waals surface area (Å²) in [5.74, 6) is -1.77. The summed E-state index contributed by atoms with van der Waals surface area (Å²) in [6.45, 7) is 1.49. The van der Waals surface area contributed by atoms with E-state index in [1.165, 1.54) is 12.1 Å². The van der Waals surface area contributed by atoms with Crippen LogP contribution in [0.3, 0.4) is 0 Å². The predicted molar refractivity (Wildman–Crippen MR) is 167 cm³/mol. The SMILES string of the molecule is CCOC(=O)[N+]1(C(=O)NCC(C(=O)O)c2ccc(-c3ccccc3)cc2)CCc2ccc(OCc3ccc(C(F)(F)F)cc3)cc2C1. The van der Waals surface area contributed by atoms with Gasteiger partial charge in [0.15, 0.2) is 0 Å². The average molecular weight is 648 g/mol. The molecule has 2 atom stereocenters. The summed E-state index contributed by atoms with van der Waals surface area (Å²) in [7, 11) is 0. The number of nitrogens with one attached hydrogen (secondary N) is 1. The lowest BCUT2D eigenvalue weighted by Crippen LogP contribution is -2.63. The highest BCUT2D eigenvalue weighted by molar-refractivity contribution is 5.82. The number of fused-ring (bicyclic) bond motifs is 1. The number of aliphatic carboxylic acids is 1. The fourth-order valence-corrected chi connectivity index (χ4v) is 5.61. The molecule has 3 amide bonds. The number of urea groups is 1. The van der Waals surface area contributed by atoms with Crippen LogP contribution in [-0.2, 0) is 35.3 Å². The summed E-state index contributed by atoms with van der Waals surface area (Å²) in [5.41, 5.74) is 3.75. The summed E-state index contributed by atoms with van der Waals surface area (Å²) in [5, 5.41) is 12.7. The summed E-state index contributed by atoms with van der Waals surface area (Å²) < 4.78 is 49.2. The summed E-state index contributed by atoms with van der Waals surface area (Å²) in [6, 6.07) is 26.0. The number of carboxylic acids is 1. The van der Waals surface area contributed by atoms with Crippen molar-refractivity contribution in [1.82, 2.24) is 5.32 Å². The van der Waals surface area contributed by atoms with E-state index in [0.29, 0.717) is 28.9 Å². The predicted octanol–water partition coefficient (Wildman–Crippen LogP) is 7.56. The summed E-state index contributed by atoms with van der Waals surface area (Å²) in [4.78, 5) is 39.4. The first-order valence-electron chi connectivity index (χ1n) is 15.1. The zero-order chi connectivity index (χ0) is 33.6. The minimum Gasteiger partial charge on any atom is -0.489 e. The van der Waals surface area contributed by atoms with Crippen molar-refractivity contribution in [3.05, 3.63) is 125 Å². The molecule has 1 heterocycles. The molecule has 4 aromatic carbocycles. The molecular weight excluding hydrogens is 613 g/mol. The van der Waals surface area contributed by atoms with Gasteiger partial charge in [0.05, 0.1) is 18.1 Å². The summed E-state index contributed by atoms with van der Waals surface area (Å²) in [6.07, 6.45) is -4.83. The van der Waals surface area contributed by atoms with E-state index in [1.54, 1.807) is 31.2 Å². The van der Waals surface area contributed by atoms with Crippen LogP contribution in [0, 0.1) is 0 Å². The summed E-state index contributed by atoms with van der Waals surface area (Å²) >= 11 is 0. The molecule has 0 aliphatic carbocycles. The van der Waals surface area contributed by atoms with Gasteiger partial charge < -0.3 is 19.9 Å². The molecule has 244 valence electrons. The van der Waals surface area contributed by atoms with Crippen molar-refractivity contribution in [3.63, 3.8) is 0 Å². The van der Waals surface area contributed by atoms with E-state index in [4.69, 9.17) is 9.47 Å². The van der Waals surface area contributed by atoms with Gasteiger partial charge in [-0.25, -0.2) is 4.79 Å². The number of hydrogen-bond donors (Lipinski definition) is 2. The van der Waals surface area contributed by atoms with E-state index in [9.17, 15) is 32.7 Å². The van der Waals surface area contributed by atoms with E-state index in [1.807, 2.05) is 48.5 Å². The van der Waals surface area contributed by atoms with Gasteiger partial charge in [-0.15, -0.1) is 4.48 Å². The van der Waals surface area contributed by atoms with Crippen LogP contribution in [0.15, 0.2) is 97.1 Å². The van der Waals surface area contributed by atoms with E-state index < -0.39 is 40.2 Å². The molecule has 0 bridgehead atoms. The highest BCUT2D eigenvalue weighted by atomic mass is 19.4. The molecular formula is C36H34F3N2O6+. The highest BCUT2D eigenvalue weighted by Gasteiger charge is 2.49. The van der Waals surface area contributed by atoms with Gasteiger partial charge in [0.2, 0.25) is 0 Å². The second-order valence-corrected chi connectivity index (χ2v) is 11.3. The van der Waals surface area contributed by atoms with Gasteiger partial charge in [-0.2, -0.15) is 18.0 Å². The Balaban J connectivity index is 1.30. The fraction of sp³-hybridized carbons (Fsp3) is 0.250. The first kappa shape index (κ1) is 33.2. The van der Waals surface area contributed by atoms with Gasteiger partial charge in [0, 0.05) is 18.5 Å². The first-order valence-corrected chi connectivity index (χ1v) is 15.1. The minimum absolute atomic E-state index is 0.0121. The fourth-order valence-electron chi connectivity index (χ4n) is 5.61. The lowest BCUT2D eigenvalue weighted by Gasteiger charge is -2.35. The molecule has 0 spiro atoms. The van der Waals surface area contributed by atoms with E-state index in [-0.39, 0.29) is 32.8 Å². The third-order valence-corrected chi connectivity index (χ3v) is 8.25. The Morgan fingerprint density at radius 3 is 2.21 bits per heavy atom. The Kier molecular flexibility index (Phi) is 9.95. The van der Waals surface area contributed by atoms with Gasteiger partial charge in [-0.05, 0) is 59.0 Å². The van der Waals surface area contributed by atoms with E-state index in [0.717, 1.165) is 28.8 Å². The number of carboxylic acid groups (broad SMARTS) is 1. The second-order valence-electron chi connectivity index (χ2n) is 11.3. The molecule has 4 aromatic rings. The van der Waals surface area contributed by atoms with Crippen LogP contribution >= 0.6 is 0 Å². The maximum Gasteiger partial charge on any atom is 0.525 e. The van der Waals surface area contributed by atoms with Gasteiger partial charge in [0.1, 0.15) is 25.4 Å². The van der Waals surface area contributed by atoms with Crippen LogP contribution in [0.4, 0.5) is 22.8 Å².